The van der Waals surface area contributed by atoms with Gasteiger partial charge in [0.25, 0.3) is 5.91 Å². The van der Waals surface area contributed by atoms with Crippen molar-refractivity contribution in [1.29, 1.82) is 5.26 Å². The maximum Gasteiger partial charge on any atom is 0.263 e. The van der Waals surface area contributed by atoms with Crippen molar-refractivity contribution in [1.82, 2.24) is 5.32 Å². The minimum atomic E-state index is -0.215. The van der Waals surface area contributed by atoms with E-state index >= 15 is 0 Å². The van der Waals surface area contributed by atoms with Gasteiger partial charge in [0.1, 0.15) is 4.88 Å². The Morgan fingerprint density at radius 3 is 3.07 bits per heavy atom. The minimum absolute atomic E-state index is 0.148. The van der Waals surface area contributed by atoms with E-state index in [4.69, 9.17) is 16.9 Å². The smallest absolute Gasteiger partial charge is 0.263 e. The maximum atomic E-state index is 11.5. The topological polar surface area (TPSA) is 52.9 Å². The monoisotopic (exact) mass is 228 g/mol. The van der Waals surface area contributed by atoms with Gasteiger partial charge in [-0.25, -0.2) is 0 Å². The largest absolute Gasteiger partial charge is 0.348 e. The molecular formula is C9H9ClN2OS. The molecule has 0 aliphatic carbocycles. The number of hydrogen-bond acceptors (Lipinski definition) is 3. The van der Waals surface area contributed by atoms with E-state index < -0.39 is 0 Å². The average Bonchev–Trinajstić information content (AvgIpc) is 2.51. The lowest BCUT2D eigenvalue weighted by molar-refractivity contribution is 0.0945. The first-order valence-corrected chi connectivity index (χ1v) is 5.31. The molecule has 1 N–H and O–H groups in total. The van der Waals surface area contributed by atoms with Crippen LogP contribution in [0.2, 0.25) is 5.02 Å². The van der Waals surface area contributed by atoms with Gasteiger partial charge in [-0.15, -0.1) is 11.3 Å². The molecule has 0 aromatic carbocycles. The minimum Gasteiger partial charge on any atom is -0.348 e. The number of nitriles is 1. The summed E-state index contributed by atoms with van der Waals surface area (Å²) in [6.07, 6.45) is 0.300. The van der Waals surface area contributed by atoms with Crippen LogP contribution < -0.4 is 5.32 Å². The molecule has 0 saturated heterocycles. The summed E-state index contributed by atoms with van der Waals surface area (Å²) in [7, 11) is 0. The van der Waals surface area contributed by atoms with Crippen molar-refractivity contribution in [3.63, 3.8) is 0 Å². The number of nitrogens with one attached hydrogen (secondary N) is 1. The number of carbonyl (C=O) groups is 1. The second-order valence-corrected chi connectivity index (χ2v) is 4.16. The molecule has 14 heavy (non-hydrogen) atoms. The highest BCUT2D eigenvalue weighted by atomic mass is 35.5. The molecule has 1 heterocycles. The summed E-state index contributed by atoms with van der Waals surface area (Å²) in [6, 6.07) is 3.52. The predicted molar refractivity (Wildman–Crippen MR) is 56.5 cm³/mol. The summed E-state index contributed by atoms with van der Waals surface area (Å²) in [5.74, 6) is -0.215. The molecule has 5 heteroatoms. The molecule has 0 aliphatic rings. The molecule has 3 nitrogen and oxygen atoms in total. The van der Waals surface area contributed by atoms with Gasteiger partial charge in [0, 0.05) is 6.04 Å². The van der Waals surface area contributed by atoms with Crippen molar-refractivity contribution in [2.24, 2.45) is 0 Å². The van der Waals surface area contributed by atoms with Crippen molar-refractivity contribution in [3.8, 4) is 6.07 Å². The zero-order valence-electron chi connectivity index (χ0n) is 7.58. The Labute approximate surface area is 91.3 Å². The summed E-state index contributed by atoms with van der Waals surface area (Å²) in [5, 5.41) is 13.3. The van der Waals surface area contributed by atoms with Crippen molar-refractivity contribution in [2.75, 3.05) is 0 Å². The predicted octanol–water partition coefficient (Wildman–Crippen LogP) is 2.43. The molecule has 74 valence electrons. The van der Waals surface area contributed by atoms with E-state index in [1.54, 1.807) is 18.4 Å². The number of carbonyl (C=O) groups excluding carboxylic acids is 1. The molecule has 0 saturated carbocycles. The van der Waals surface area contributed by atoms with Gasteiger partial charge < -0.3 is 5.32 Å². The van der Waals surface area contributed by atoms with Crippen molar-refractivity contribution >= 4 is 28.8 Å². The molecule has 0 aliphatic heterocycles. The van der Waals surface area contributed by atoms with Crippen molar-refractivity contribution in [3.05, 3.63) is 21.3 Å². The highest BCUT2D eigenvalue weighted by Crippen LogP contribution is 2.21. The Morgan fingerprint density at radius 2 is 2.57 bits per heavy atom. The first-order chi connectivity index (χ1) is 6.65. The molecule has 1 amide bonds. The number of amides is 1. The number of thiophene rings is 1. The van der Waals surface area contributed by atoms with Gasteiger partial charge in [0.2, 0.25) is 0 Å². The number of nitrogens with zero attached hydrogens (tertiary/aromatic N) is 1. The van der Waals surface area contributed by atoms with E-state index in [0.29, 0.717) is 16.3 Å². The second kappa shape index (κ2) is 4.99. The van der Waals surface area contributed by atoms with Gasteiger partial charge in [-0.3, -0.25) is 4.79 Å². The highest BCUT2D eigenvalue weighted by Gasteiger charge is 2.13. The first-order valence-electron chi connectivity index (χ1n) is 4.06. The molecule has 0 radical (unpaired) electrons. The fourth-order valence-corrected chi connectivity index (χ4v) is 1.98. The van der Waals surface area contributed by atoms with Crippen LogP contribution in [0, 0.1) is 11.3 Å². The molecule has 0 spiro atoms. The Morgan fingerprint density at radius 1 is 1.86 bits per heavy atom. The molecule has 0 fully saturated rings. The number of halogens is 1. The molecule has 1 aromatic heterocycles. The molecule has 1 rings (SSSR count). The molecule has 0 bridgehead atoms. The van der Waals surface area contributed by atoms with E-state index in [0.717, 1.165) is 0 Å². The lowest BCUT2D eigenvalue weighted by Crippen LogP contribution is -2.31. The maximum absolute atomic E-state index is 11.5. The van der Waals surface area contributed by atoms with Crippen LogP contribution in [-0.2, 0) is 0 Å². The van der Waals surface area contributed by atoms with Crippen LogP contribution in [0.5, 0.6) is 0 Å². The van der Waals surface area contributed by atoms with Crippen molar-refractivity contribution < 1.29 is 4.79 Å². The van der Waals surface area contributed by atoms with Crippen LogP contribution in [0.1, 0.15) is 23.0 Å². The average molecular weight is 229 g/mol. The van der Waals surface area contributed by atoms with Crippen LogP contribution in [0.4, 0.5) is 0 Å². The van der Waals surface area contributed by atoms with Crippen LogP contribution in [0.25, 0.3) is 0 Å². The zero-order valence-corrected chi connectivity index (χ0v) is 9.15. The Balaban J connectivity index is 2.60. The Kier molecular flexibility index (Phi) is 3.93. The molecule has 1 unspecified atom stereocenters. The van der Waals surface area contributed by atoms with Gasteiger partial charge in [-0.1, -0.05) is 11.6 Å². The van der Waals surface area contributed by atoms with E-state index in [9.17, 15) is 4.79 Å². The van der Waals surface area contributed by atoms with E-state index in [1.807, 2.05) is 6.07 Å². The quantitative estimate of drug-likeness (QED) is 0.864. The van der Waals surface area contributed by atoms with Gasteiger partial charge >= 0.3 is 0 Å². The second-order valence-electron chi connectivity index (χ2n) is 2.83. The van der Waals surface area contributed by atoms with E-state index in [-0.39, 0.29) is 11.9 Å². The van der Waals surface area contributed by atoms with Gasteiger partial charge in [0.05, 0.1) is 17.5 Å². The van der Waals surface area contributed by atoms with E-state index in [2.05, 4.69) is 5.32 Å². The Bertz CT molecular complexity index is 369. The third kappa shape index (κ3) is 2.72. The molecular weight excluding hydrogens is 220 g/mol. The van der Waals surface area contributed by atoms with Crippen molar-refractivity contribution in [2.45, 2.75) is 19.4 Å². The van der Waals surface area contributed by atoms with Gasteiger partial charge in [-0.2, -0.15) is 5.26 Å². The third-order valence-corrected chi connectivity index (χ3v) is 2.94. The van der Waals surface area contributed by atoms with Crippen LogP contribution >= 0.6 is 22.9 Å². The molecule has 1 atom stereocenters. The SMILES string of the molecule is CC(CC#N)NC(=O)c1sccc1Cl. The summed E-state index contributed by atoms with van der Waals surface area (Å²) in [4.78, 5) is 12.0. The summed E-state index contributed by atoms with van der Waals surface area (Å²) < 4.78 is 0. The fraction of sp³-hybridized carbons (Fsp3) is 0.333. The lowest BCUT2D eigenvalue weighted by atomic mass is 10.2. The zero-order chi connectivity index (χ0) is 10.6. The van der Waals surface area contributed by atoms with E-state index in [1.165, 1.54) is 11.3 Å². The van der Waals surface area contributed by atoms with Crippen LogP contribution in [0.3, 0.4) is 0 Å². The Hall–Kier alpha value is -1.05. The summed E-state index contributed by atoms with van der Waals surface area (Å²) in [6.45, 7) is 1.78. The van der Waals surface area contributed by atoms with Gasteiger partial charge in [0.15, 0.2) is 0 Å². The molecule has 1 aromatic rings. The summed E-state index contributed by atoms with van der Waals surface area (Å²) in [5.41, 5.74) is 0. The fourth-order valence-electron chi connectivity index (χ4n) is 0.933. The van der Waals surface area contributed by atoms with Crippen LogP contribution in [-0.4, -0.2) is 11.9 Å². The summed E-state index contributed by atoms with van der Waals surface area (Å²) >= 11 is 7.07. The first kappa shape index (κ1) is 11.0. The standard InChI is InChI=1S/C9H9ClN2OS/c1-6(2-4-11)12-9(13)8-7(10)3-5-14-8/h3,5-6H,2H2,1H3,(H,12,13). The van der Waals surface area contributed by atoms with Gasteiger partial charge in [-0.05, 0) is 18.4 Å². The number of hydrogen-bond donors (Lipinski definition) is 1. The normalized spacial score (nSPS) is 11.8. The lowest BCUT2D eigenvalue weighted by Gasteiger charge is -2.08. The highest BCUT2D eigenvalue weighted by molar-refractivity contribution is 7.12. The van der Waals surface area contributed by atoms with Crippen LogP contribution in [0.15, 0.2) is 11.4 Å². The third-order valence-electron chi connectivity index (χ3n) is 1.60. The number of rotatable bonds is 3.